The Hall–Kier alpha value is -5.18. The number of fused-ring (bicyclic) bond motifs is 1. The van der Waals surface area contributed by atoms with Crippen LogP contribution in [0, 0.1) is 5.92 Å². The third-order valence-corrected chi connectivity index (χ3v) is 11.4. The molecule has 0 radical (unpaired) electrons. The van der Waals surface area contributed by atoms with Crippen molar-refractivity contribution in [3.05, 3.63) is 79.0 Å². The zero-order valence-corrected chi connectivity index (χ0v) is 29.4. The predicted octanol–water partition coefficient (Wildman–Crippen LogP) is 2.92. The summed E-state index contributed by atoms with van der Waals surface area (Å²) in [6.07, 6.45) is 2.60. The number of aromatic nitrogens is 1. The van der Waals surface area contributed by atoms with Gasteiger partial charge in [-0.2, -0.15) is 0 Å². The van der Waals surface area contributed by atoms with E-state index in [1.807, 2.05) is 36.4 Å². The fraction of sp³-hybridized carbons (Fsp3) is 0.417. The molecule has 4 atom stereocenters. The molecule has 3 fully saturated rings. The van der Waals surface area contributed by atoms with Crippen molar-refractivity contribution in [2.45, 2.75) is 68.1 Å². The van der Waals surface area contributed by atoms with E-state index in [-0.39, 0.29) is 25.3 Å². The molecule has 270 valence electrons. The number of nitrogens with zero attached hydrogens (tertiary/aromatic N) is 2. The molecule has 0 unspecified atom stereocenters. The molecule has 2 heterocycles. The van der Waals surface area contributed by atoms with Gasteiger partial charge in [0.25, 0.3) is 5.91 Å². The molecule has 0 spiro atoms. The molecule has 14 nitrogen and oxygen atoms in total. The van der Waals surface area contributed by atoms with E-state index in [1.165, 1.54) is 11.0 Å². The van der Waals surface area contributed by atoms with Crippen LogP contribution in [0.3, 0.4) is 0 Å². The summed E-state index contributed by atoms with van der Waals surface area (Å²) in [4.78, 5) is 59.5. The molecular weight excluding hydrogens is 678 g/mol. The number of amides is 4. The lowest BCUT2D eigenvalue weighted by Crippen LogP contribution is -2.57. The number of benzene rings is 2. The summed E-state index contributed by atoms with van der Waals surface area (Å²) >= 11 is 0. The molecule has 1 aromatic heterocycles. The van der Waals surface area contributed by atoms with Gasteiger partial charge in [-0.15, -0.1) is 6.58 Å². The third kappa shape index (κ3) is 7.62. The van der Waals surface area contributed by atoms with Gasteiger partial charge in [0.15, 0.2) is 0 Å². The van der Waals surface area contributed by atoms with Crippen LogP contribution in [0.1, 0.15) is 45.1 Å². The molecule has 2 saturated carbocycles. The second kappa shape index (κ2) is 13.9. The molecule has 3 aliphatic rings. The first-order chi connectivity index (χ1) is 24.3. The number of hydrogen-bond donors (Lipinski definition) is 3. The molecule has 2 aromatic carbocycles. The Kier molecular flexibility index (Phi) is 9.68. The molecule has 1 aliphatic heterocycles. The third-order valence-electron chi connectivity index (χ3n) is 9.55. The van der Waals surface area contributed by atoms with E-state index < -0.39 is 74.8 Å². The Labute approximate surface area is 296 Å². The first-order valence-corrected chi connectivity index (χ1v) is 18.2. The maximum absolute atomic E-state index is 14.0. The molecule has 51 heavy (non-hydrogen) atoms. The molecular formula is C36H41N5O9S. The highest BCUT2D eigenvalue weighted by molar-refractivity contribution is 7.91. The lowest BCUT2D eigenvalue weighted by molar-refractivity contribution is -0.139. The zero-order chi connectivity index (χ0) is 36.6. The number of ether oxygens (including phenoxy) is 3. The maximum atomic E-state index is 14.0. The van der Waals surface area contributed by atoms with Crippen LogP contribution in [-0.4, -0.2) is 85.3 Å². The highest BCUT2D eigenvalue weighted by Crippen LogP contribution is 2.45. The van der Waals surface area contributed by atoms with E-state index >= 15 is 0 Å². The fourth-order valence-electron chi connectivity index (χ4n) is 6.35. The average Bonchev–Trinajstić information content (AvgIpc) is 4.04. The number of methoxy groups -OCH3 is 1. The van der Waals surface area contributed by atoms with Gasteiger partial charge < -0.3 is 29.7 Å². The molecule has 1 saturated heterocycles. The monoisotopic (exact) mass is 719 g/mol. The molecule has 15 heteroatoms. The molecule has 2 aliphatic carbocycles. The Balaban J connectivity index is 1.19. The summed E-state index contributed by atoms with van der Waals surface area (Å²) in [5, 5.41) is 6.08. The number of rotatable bonds is 13. The van der Waals surface area contributed by atoms with Gasteiger partial charge in [0.1, 0.15) is 35.6 Å². The van der Waals surface area contributed by atoms with Crippen molar-refractivity contribution in [1.82, 2.24) is 25.2 Å². The van der Waals surface area contributed by atoms with Crippen LogP contribution in [0.25, 0.3) is 10.8 Å². The van der Waals surface area contributed by atoms with Crippen LogP contribution in [0.4, 0.5) is 4.79 Å². The Morgan fingerprint density at radius 1 is 1.10 bits per heavy atom. The first kappa shape index (κ1) is 35.6. The summed E-state index contributed by atoms with van der Waals surface area (Å²) < 4.78 is 44.6. The van der Waals surface area contributed by atoms with Crippen LogP contribution in [0.2, 0.25) is 0 Å². The summed E-state index contributed by atoms with van der Waals surface area (Å²) in [7, 11) is -2.33. The quantitative estimate of drug-likeness (QED) is 0.222. The van der Waals surface area contributed by atoms with Gasteiger partial charge in [-0.05, 0) is 68.3 Å². The lowest BCUT2D eigenvalue weighted by atomic mass is 9.98. The van der Waals surface area contributed by atoms with Crippen LogP contribution >= 0.6 is 0 Å². The number of hydrogen-bond acceptors (Lipinski definition) is 10. The van der Waals surface area contributed by atoms with E-state index in [0.717, 1.165) is 10.9 Å². The van der Waals surface area contributed by atoms with E-state index in [0.29, 0.717) is 24.0 Å². The molecule has 0 bridgehead atoms. The SMILES string of the molecule is C=C[C@@H]1C[C@]1(NC(=O)[C@@H]1C[C@@H](Oc2nccc3cc(OC)ccc23)CN1C(=O)CNC(=O)OC(C)(C)c1ccccc1)C(=O)NS(=O)(=O)C1CC1. The summed E-state index contributed by atoms with van der Waals surface area (Å²) in [5.41, 5.74) is -1.79. The van der Waals surface area contributed by atoms with E-state index in [4.69, 9.17) is 14.2 Å². The minimum Gasteiger partial charge on any atom is -0.497 e. The zero-order valence-electron chi connectivity index (χ0n) is 28.6. The van der Waals surface area contributed by atoms with Crippen molar-refractivity contribution >= 4 is 44.6 Å². The average molecular weight is 720 g/mol. The van der Waals surface area contributed by atoms with Gasteiger partial charge in [0.05, 0.1) is 18.9 Å². The van der Waals surface area contributed by atoms with Crippen molar-refractivity contribution in [2.24, 2.45) is 5.92 Å². The number of alkyl carbamates (subject to hydrolysis) is 1. The summed E-state index contributed by atoms with van der Waals surface area (Å²) in [6.45, 7) is 6.65. The Morgan fingerprint density at radius 2 is 1.84 bits per heavy atom. The smallest absolute Gasteiger partial charge is 0.408 e. The lowest BCUT2D eigenvalue weighted by Gasteiger charge is -2.27. The molecule has 3 N–H and O–H groups in total. The molecule has 6 rings (SSSR count). The van der Waals surface area contributed by atoms with Gasteiger partial charge in [-0.3, -0.25) is 19.1 Å². The van der Waals surface area contributed by atoms with Gasteiger partial charge >= 0.3 is 6.09 Å². The Bertz CT molecular complexity index is 1970. The van der Waals surface area contributed by atoms with Gasteiger partial charge in [-0.25, -0.2) is 18.2 Å². The van der Waals surface area contributed by atoms with E-state index in [9.17, 15) is 27.6 Å². The van der Waals surface area contributed by atoms with Crippen LogP contribution in [-0.2, 0) is 34.7 Å². The van der Waals surface area contributed by atoms with Gasteiger partial charge in [-0.1, -0.05) is 36.4 Å². The van der Waals surface area contributed by atoms with Crippen molar-refractivity contribution in [2.75, 3.05) is 20.2 Å². The second-order valence-corrected chi connectivity index (χ2v) is 15.5. The van der Waals surface area contributed by atoms with Crippen molar-refractivity contribution in [1.29, 1.82) is 0 Å². The standard InChI is InChI=1S/C36H41N5O9S/c1-5-23-19-36(23,33(44)40-51(46,47)27-12-13-27)39-31(43)29-18-26(49-32-28-14-11-25(48-4)17-22(28)15-16-37-32)21-41(29)30(42)20-38-34(45)50-35(2,3)24-9-7-6-8-10-24/h5-11,14-17,23,26-27,29H,1,12-13,18-21H2,2-4H3,(H,38,45)(H,39,43)(H,40,44)/t23-,26-,29+,36-/m1/s1. The first-order valence-electron chi connectivity index (χ1n) is 16.7. The van der Waals surface area contributed by atoms with Crippen LogP contribution in [0.5, 0.6) is 11.6 Å². The normalized spacial score (nSPS) is 22.8. The maximum Gasteiger partial charge on any atom is 0.408 e. The van der Waals surface area contributed by atoms with Crippen molar-refractivity contribution < 1.29 is 41.8 Å². The number of sulfonamides is 1. The Morgan fingerprint density at radius 3 is 2.51 bits per heavy atom. The van der Waals surface area contributed by atoms with Crippen LogP contribution < -0.4 is 24.8 Å². The highest BCUT2D eigenvalue weighted by Gasteiger charge is 2.62. The summed E-state index contributed by atoms with van der Waals surface area (Å²) in [6, 6.07) is 15.2. The molecule has 3 aromatic rings. The van der Waals surface area contributed by atoms with Crippen LogP contribution in [0.15, 0.2) is 73.4 Å². The van der Waals surface area contributed by atoms with Gasteiger partial charge in [0, 0.05) is 23.9 Å². The predicted molar refractivity (Wildman–Crippen MR) is 186 cm³/mol. The number of carbonyl (C=O) groups excluding carboxylic acids is 4. The van der Waals surface area contributed by atoms with E-state index in [2.05, 4.69) is 26.9 Å². The van der Waals surface area contributed by atoms with Crippen molar-refractivity contribution in [3.63, 3.8) is 0 Å². The number of carbonyl (C=O) groups is 4. The largest absolute Gasteiger partial charge is 0.497 e. The number of likely N-dealkylation sites (tertiary alicyclic amines) is 1. The second-order valence-electron chi connectivity index (χ2n) is 13.5. The highest BCUT2D eigenvalue weighted by atomic mass is 32.2. The molecule has 4 amide bonds. The van der Waals surface area contributed by atoms with E-state index in [1.54, 1.807) is 45.4 Å². The minimum atomic E-state index is -3.89. The fourth-order valence-corrected chi connectivity index (χ4v) is 7.71. The number of nitrogens with one attached hydrogen (secondary N) is 3. The van der Waals surface area contributed by atoms with Crippen molar-refractivity contribution in [3.8, 4) is 11.6 Å². The summed E-state index contributed by atoms with van der Waals surface area (Å²) in [5.74, 6) is -1.72. The van der Waals surface area contributed by atoms with Gasteiger partial charge in [0.2, 0.25) is 27.7 Å². The topological polar surface area (TPSA) is 182 Å². The number of pyridine rings is 1. The minimum absolute atomic E-state index is 0.0219.